The van der Waals surface area contributed by atoms with E-state index in [0.717, 1.165) is 12.0 Å². The van der Waals surface area contributed by atoms with Gasteiger partial charge >= 0.3 is 0 Å². The molecule has 1 heterocycles. The summed E-state index contributed by atoms with van der Waals surface area (Å²) in [6.07, 6.45) is 4.33. The second kappa shape index (κ2) is 8.96. The van der Waals surface area contributed by atoms with Gasteiger partial charge in [-0.1, -0.05) is 29.8 Å². The molecular formula is C21H18ClN3O2. The maximum atomic E-state index is 12.0. The van der Waals surface area contributed by atoms with Crippen LogP contribution in [-0.2, 0) is 11.2 Å². The Labute approximate surface area is 162 Å². The van der Waals surface area contributed by atoms with Crippen LogP contribution >= 0.6 is 11.6 Å². The van der Waals surface area contributed by atoms with Crippen molar-refractivity contribution in [3.8, 4) is 0 Å². The molecule has 1 aromatic heterocycles. The van der Waals surface area contributed by atoms with Crippen LogP contribution in [0.4, 0.5) is 5.69 Å². The minimum Gasteiger partial charge on any atom is -0.343 e. The highest BCUT2D eigenvalue weighted by Crippen LogP contribution is 2.13. The van der Waals surface area contributed by atoms with E-state index < -0.39 is 0 Å². The lowest BCUT2D eigenvalue weighted by Crippen LogP contribution is -2.32. The summed E-state index contributed by atoms with van der Waals surface area (Å²) in [5, 5.41) is 5.81. The van der Waals surface area contributed by atoms with Crippen molar-refractivity contribution in [2.45, 2.75) is 6.42 Å². The van der Waals surface area contributed by atoms with E-state index in [1.54, 1.807) is 36.7 Å². The number of hydrogen-bond acceptors (Lipinski definition) is 3. The quantitative estimate of drug-likeness (QED) is 0.686. The lowest BCUT2D eigenvalue weighted by atomic mass is 10.1. The van der Waals surface area contributed by atoms with E-state index in [9.17, 15) is 9.59 Å². The largest absolute Gasteiger partial charge is 0.343 e. The second-order valence-electron chi connectivity index (χ2n) is 5.97. The van der Waals surface area contributed by atoms with Crippen molar-refractivity contribution < 1.29 is 9.59 Å². The zero-order valence-electron chi connectivity index (χ0n) is 14.5. The molecule has 0 aliphatic carbocycles. The summed E-state index contributed by atoms with van der Waals surface area (Å²) >= 11 is 5.86. The van der Waals surface area contributed by atoms with Gasteiger partial charge in [-0.2, -0.15) is 0 Å². The normalized spacial score (nSPS) is 10.3. The van der Waals surface area contributed by atoms with Crippen LogP contribution in [0.15, 0.2) is 73.1 Å². The number of carbonyl (C=O) groups excluding carboxylic acids is 2. The van der Waals surface area contributed by atoms with Crippen molar-refractivity contribution in [3.63, 3.8) is 0 Å². The van der Waals surface area contributed by atoms with Gasteiger partial charge in [0, 0.05) is 28.7 Å². The van der Waals surface area contributed by atoms with Gasteiger partial charge in [0.1, 0.15) is 0 Å². The van der Waals surface area contributed by atoms with Crippen LogP contribution in [0, 0.1) is 0 Å². The monoisotopic (exact) mass is 379 g/mol. The number of hydrogen-bond donors (Lipinski definition) is 2. The highest BCUT2D eigenvalue weighted by molar-refractivity contribution is 6.31. The van der Waals surface area contributed by atoms with Crippen molar-refractivity contribution in [2.75, 3.05) is 11.9 Å². The second-order valence-corrected chi connectivity index (χ2v) is 6.41. The molecule has 27 heavy (non-hydrogen) atoms. The van der Waals surface area contributed by atoms with Crippen LogP contribution < -0.4 is 10.6 Å². The minimum atomic E-state index is -0.347. The van der Waals surface area contributed by atoms with E-state index in [4.69, 9.17) is 11.6 Å². The number of rotatable bonds is 6. The lowest BCUT2D eigenvalue weighted by Gasteiger charge is -2.08. The van der Waals surface area contributed by atoms with Crippen molar-refractivity contribution in [1.82, 2.24) is 10.3 Å². The number of nitrogens with one attached hydrogen (secondary N) is 2. The molecule has 136 valence electrons. The van der Waals surface area contributed by atoms with Gasteiger partial charge in [-0.25, -0.2) is 0 Å². The molecule has 0 radical (unpaired) electrons. The van der Waals surface area contributed by atoms with E-state index >= 15 is 0 Å². The first-order valence-electron chi connectivity index (χ1n) is 8.41. The summed E-state index contributed by atoms with van der Waals surface area (Å²) in [4.78, 5) is 28.1. The Hall–Kier alpha value is -3.18. The van der Waals surface area contributed by atoms with Crippen LogP contribution in [0.1, 0.15) is 21.5 Å². The van der Waals surface area contributed by atoms with Crippen LogP contribution in [-0.4, -0.2) is 23.3 Å². The zero-order chi connectivity index (χ0) is 19.1. The van der Waals surface area contributed by atoms with Crippen LogP contribution in [0.2, 0.25) is 5.02 Å². The molecule has 0 aliphatic heterocycles. The number of pyridine rings is 1. The third kappa shape index (κ3) is 5.66. The summed E-state index contributed by atoms with van der Waals surface area (Å²) in [6, 6.07) is 18.1. The maximum absolute atomic E-state index is 12.0. The minimum absolute atomic E-state index is 0.121. The highest BCUT2D eigenvalue weighted by Gasteiger charge is 2.08. The van der Waals surface area contributed by atoms with Gasteiger partial charge < -0.3 is 10.6 Å². The Kier molecular flexibility index (Phi) is 6.18. The highest BCUT2D eigenvalue weighted by atomic mass is 35.5. The molecule has 0 bridgehead atoms. The van der Waals surface area contributed by atoms with Gasteiger partial charge in [0.15, 0.2) is 0 Å². The molecule has 2 N–H and O–H groups in total. The molecule has 0 spiro atoms. The van der Waals surface area contributed by atoms with E-state index in [0.29, 0.717) is 16.3 Å². The third-order valence-electron chi connectivity index (χ3n) is 3.89. The molecule has 2 aromatic carbocycles. The summed E-state index contributed by atoms with van der Waals surface area (Å²) in [6.45, 7) is -0.121. The Morgan fingerprint density at radius 2 is 1.63 bits per heavy atom. The van der Waals surface area contributed by atoms with E-state index in [1.165, 1.54) is 5.56 Å². The van der Waals surface area contributed by atoms with Gasteiger partial charge in [0.05, 0.1) is 6.54 Å². The molecule has 6 heteroatoms. The molecule has 3 rings (SSSR count). The average Bonchev–Trinajstić information content (AvgIpc) is 2.68. The fourth-order valence-electron chi connectivity index (χ4n) is 2.54. The van der Waals surface area contributed by atoms with E-state index in [1.807, 2.05) is 36.4 Å². The Balaban J connectivity index is 1.50. The standard InChI is InChI=1S/C21H18ClN3O2/c22-18-3-1-2-17(13-18)21(27)24-14-20(26)25-19-6-4-15(5-7-19)12-16-8-10-23-11-9-16/h1-11,13H,12,14H2,(H,24,27)(H,25,26). The SMILES string of the molecule is O=C(CNC(=O)c1cccc(Cl)c1)Nc1ccc(Cc2ccncc2)cc1. The smallest absolute Gasteiger partial charge is 0.251 e. The summed E-state index contributed by atoms with van der Waals surface area (Å²) < 4.78 is 0. The molecule has 0 fully saturated rings. The molecule has 0 atom stereocenters. The van der Waals surface area contributed by atoms with Gasteiger partial charge in [-0.15, -0.1) is 0 Å². The zero-order valence-corrected chi connectivity index (χ0v) is 15.2. The fourth-order valence-corrected chi connectivity index (χ4v) is 2.73. The number of aromatic nitrogens is 1. The predicted molar refractivity (Wildman–Crippen MR) is 106 cm³/mol. The summed E-state index contributed by atoms with van der Waals surface area (Å²) in [7, 11) is 0. The van der Waals surface area contributed by atoms with Gasteiger partial charge in [0.25, 0.3) is 5.91 Å². The molecule has 2 amide bonds. The van der Waals surface area contributed by atoms with Crippen molar-refractivity contribution in [3.05, 3.63) is 94.8 Å². The Bertz CT molecular complexity index is 928. The van der Waals surface area contributed by atoms with E-state index in [-0.39, 0.29) is 18.4 Å². The van der Waals surface area contributed by atoms with Gasteiger partial charge in [-0.3, -0.25) is 14.6 Å². The number of halogens is 1. The van der Waals surface area contributed by atoms with Crippen molar-refractivity contribution in [2.24, 2.45) is 0 Å². The predicted octanol–water partition coefficient (Wildman–Crippen LogP) is 3.69. The van der Waals surface area contributed by atoms with Crippen LogP contribution in [0.5, 0.6) is 0 Å². The van der Waals surface area contributed by atoms with E-state index in [2.05, 4.69) is 15.6 Å². The van der Waals surface area contributed by atoms with Crippen molar-refractivity contribution in [1.29, 1.82) is 0 Å². The molecule has 3 aromatic rings. The first-order chi connectivity index (χ1) is 13.1. The molecule has 0 aliphatic rings. The number of benzene rings is 2. The molecule has 0 unspecified atom stereocenters. The molecule has 5 nitrogen and oxygen atoms in total. The Morgan fingerprint density at radius 1 is 0.926 bits per heavy atom. The van der Waals surface area contributed by atoms with Crippen LogP contribution in [0.25, 0.3) is 0 Å². The molecule has 0 saturated heterocycles. The molecule has 0 saturated carbocycles. The number of amides is 2. The summed E-state index contributed by atoms with van der Waals surface area (Å²) in [5.74, 6) is -0.646. The lowest BCUT2D eigenvalue weighted by molar-refractivity contribution is -0.115. The fraction of sp³-hybridized carbons (Fsp3) is 0.0952. The number of anilines is 1. The first kappa shape index (κ1) is 18.6. The first-order valence-corrected chi connectivity index (χ1v) is 8.79. The molecular weight excluding hydrogens is 362 g/mol. The Morgan fingerprint density at radius 3 is 2.33 bits per heavy atom. The topological polar surface area (TPSA) is 71.1 Å². The average molecular weight is 380 g/mol. The third-order valence-corrected chi connectivity index (χ3v) is 4.13. The number of nitrogens with zero attached hydrogens (tertiary/aromatic N) is 1. The number of carbonyl (C=O) groups is 2. The summed E-state index contributed by atoms with van der Waals surface area (Å²) in [5.41, 5.74) is 3.39. The van der Waals surface area contributed by atoms with Crippen molar-refractivity contribution >= 4 is 29.1 Å². The van der Waals surface area contributed by atoms with Crippen LogP contribution in [0.3, 0.4) is 0 Å². The van der Waals surface area contributed by atoms with Gasteiger partial charge in [-0.05, 0) is 60.0 Å². The van der Waals surface area contributed by atoms with Gasteiger partial charge in [0.2, 0.25) is 5.91 Å². The maximum Gasteiger partial charge on any atom is 0.251 e.